The van der Waals surface area contributed by atoms with E-state index in [1.807, 2.05) is 18.8 Å². The molecule has 1 N–H and O–H groups in total. The van der Waals surface area contributed by atoms with E-state index in [9.17, 15) is 0 Å². The number of halogens is 1. The quantitative estimate of drug-likeness (QED) is 0.940. The Morgan fingerprint density at radius 3 is 2.74 bits per heavy atom. The van der Waals surface area contributed by atoms with E-state index >= 15 is 0 Å². The lowest BCUT2D eigenvalue weighted by Gasteiger charge is -2.19. The van der Waals surface area contributed by atoms with Gasteiger partial charge in [-0.25, -0.2) is 0 Å². The van der Waals surface area contributed by atoms with Crippen molar-refractivity contribution in [3.63, 3.8) is 0 Å². The van der Waals surface area contributed by atoms with Gasteiger partial charge in [-0.2, -0.15) is 5.10 Å². The van der Waals surface area contributed by atoms with Crippen molar-refractivity contribution in [2.45, 2.75) is 13.0 Å². The van der Waals surface area contributed by atoms with Crippen LogP contribution in [0.2, 0.25) is 0 Å². The van der Waals surface area contributed by atoms with E-state index in [-0.39, 0.29) is 6.04 Å². The topological polar surface area (TPSA) is 39.1 Å². The summed E-state index contributed by atoms with van der Waals surface area (Å²) < 4.78 is 8.33. The summed E-state index contributed by atoms with van der Waals surface area (Å²) in [7, 11) is 5.52. The highest BCUT2D eigenvalue weighted by atomic mass is 79.9. The van der Waals surface area contributed by atoms with Crippen LogP contribution in [0.25, 0.3) is 0 Å². The van der Waals surface area contributed by atoms with Crippen LogP contribution in [0.3, 0.4) is 0 Å². The Labute approximate surface area is 121 Å². The van der Waals surface area contributed by atoms with Gasteiger partial charge in [-0.1, -0.05) is 28.1 Å². The molecule has 1 aromatic carbocycles. The molecule has 0 bridgehead atoms. The normalized spacial score (nSPS) is 12.5. The number of nitrogens with one attached hydrogen (secondary N) is 1. The molecular weight excluding hydrogens is 306 g/mol. The summed E-state index contributed by atoms with van der Waals surface area (Å²) in [6, 6.07) is 6.39. The summed E-state index contributed by atoms with van der Waals surface area (Å²) in [6.07, 6.45) is 1.74. The van der Waals surface area contributed by atoms with Gasteiger partial charge in [0.1, 0.15) is 5.69 Å². The minimum absolute atomic E-state index is 0.0411. The van der Waals surface area contributed by atoms with Crippen molar-refractivity contribution >= 4 is 15.9 Å². The molecule has 0 saturated heterocycles. The predicted molar refractivity (Wildman–Crippen MR) is 79.5 cm³/mol. The maximum Gasteiger partial charge on any atom is 0.161 e. The number of hydrogen-bond donors (Lipinski definition) is 1. The van der Waals surface area contributed by atoms with Gasteiger partial charge >= 0.3 is 0 Å². The molecule has 19 heavy (non-hydrogen) atoms. The molecule has 0 fully saturated rings. The first-order valence-electron chi connectivity index (χ1n) is 6.07. The van der Waals surface area contributed by atoms with Gasteiger partial charge in [-0.15, -0.1) is 0 Å². The van der Waals surface area contributed by atoms with Crippen LogP contribution in [0.4, 0.5) is 0 Å². The summed E-state index contributed by atoms with van der Waals surface area (Å²) in [6.45, 7) is 2.08. The monoisotopic (exact) mass is 323 g/mol. The van der Waals surface area contributed by atoms with Gasteiger partial charge in [0.15, 0.2) is 5.75 Å². The van der Waals surface area contributed by atoms with Crippen molar-refractivity contribution < 1.29 is 4.74 Å². The van der Waals surface area contributed by atoms with E-state index in [0.29, 0.717) is 0 Å². The predicted octanol–water partition coefficient (Wildman–Crippen LogP) is 2.81. The van der Waals surface area contributed by atoms with Crippen molar-refractivity contribution in [3.05, 3.63) is 45.7 Å². The van der Waals surface area contributed by atoms with Crippen LogP contribution < -0.4 is 10.1 Å². The molecule has 0 aliphatic carbocycles. The van der Waals surface area contributed by atoms with Gasteiger partial charge in [-0.3, -0.25) is 4.68 Å². The first-order valence-corrected chi connectivity index (χ1v) is 6.87. The number of benzene rings is 1. The van der Waals surface area contributed by atoms with Crippen LogP contribution in [-0.2, 0) is 7.05 Å². The average Bonchev–Trinajstić information content (AvgIpc) is 2.76. The van der Waals surface area contributed by atoms with E-state index < -0.39 is 0 Å². The fraction of sp³-hybridized carbons (Fsp3) is 0.357. The molecule has 5 heteroatoms. The number of rotatable bonds is 4. The molecule has 0 aliphatic heterocycles. The second-order valence-corrected chi connectivity index (χ2v) is 5.31. The van der Waals surface area contributed by atoms with Crippen molar-refractivity contribution in [2.75, 3.05) is 14.2 Å². The van der Waals surface area contributed by atoms with E-state index in [2.05, 4.69) is 51.5 Å². The van der Waals surface area contributed by atoms with Crippen molar-refractivity contribution in [1.29, 1.82) is 0 Å². The van der Waals surface area contributed by atoms with Gasteiger partial charge in [0.05, 0.1) is 19.3 Å². The Hall–Kier alpha value is -1.33. The third-order valence-corrected chi connectivity index (χ3v) is 4.11. The maximum atomic E-state index is 5.39. The smallest absolute Gasteiger partial charge is 0.161 e. The number of hydrogen-bond acceptors (Lipinski definition) is 3. The summed E-state index contributed by atoms with van der Waals surface area (Å²) in [4.78, 5) is 0. The zero-order chi connectivity index (χ0) is 14.0. The number of ether oxygens (including phenoxy) is 1. The Bertz CT molecular complexity index is 580. The lowest BCUT2D eigenvalue weighted by molar-refractivity contribution is 0.402. The molecule has 102 valence electrons. The SMILES string of the molecule is CNC(c1ccc(C)c(Br)c1)c1c(OC)cnn1C. The van der Waals surface area contributed by atoms with Crippen LogP contribution in [0, 0.1) is 6.92 Å². The van der Waals surface area contributed by atoms with Crippen LogP contribution in [0.1, 0.15) is 22.9 Å². The Morgan fingerprint density at radius 1 is 1.42 bits per heavy atom. The van der Waals surface area contributed by atoms with E-state index in [0.717, 1.165) is 15.9 Å². The second kappa shape index (κ2) is 5.75. The van der Waals surface area contributed by atoms with Crippen molar-refractivity contribution in [2.24, 2.45) is 7.05 Å². The highest BCUT2D eigenvalue weighted by Gasteiger charge is 2.21. The molecule has 1 aromatic heterocycles. The number of aromatic nitrogens is 2. The highest BCUT2D eigenvalue weighted by Crippen LogP contribution is 2.31. The maximum absolute atomic E-state index is 5.39. The molecular formula is C14H18BrN3O. The standard InChI is InChI=1S/C14H18BrN3O/c1-9-5-6-10(7-11(9)15)13(16-2)14-12(19-4)8-17-18(14)3/h5-8,13,16H,1-4H3. The first-order chi connectivity index (χ1) is 9.08. The number of methoxy groups -OCH3 is 1. The summed E-state index contributed by atoms with van der Waals surface area (Å²) in [5.41, 5.74) is 3.40. The molecule has 2 aromatic rings. The third-order valence-electron chi connectivity index (χ3n) is 3.26. The van der Waals surface area contributed by atoms with E-state index in [1.165, 1.54) is 11.1 Å². The first kappa shape index (κ1) is 14.1. The fourth-order valence-corrected chi connectivity index (χ4v) is 2.56. The lowest BCUT2D eigenvalue weighted by atomic mass is 10.0. The minimum atomic E-state index is 0.0411. The van der Waals surface area contributed by atoms with Crippen molar-refractivity contribution in [1.82, 2.24) is 15.1 Å². The summed E-state index contributed by atoms with van der Waals surface area (Å²) >= 11 is 3.58. The van der Waals surface area contributed by atoms with Gasteiger partial charge in [-0.05, 0) is 31.2 Å². The summed E-state index contributed by atoms with van der Waals surface area (Å²) in [5, 5.41) is 7.58. The third kappa shape index (κ3) is 2.67. The molecule has 0 spiro atoms. The number of nitrogens with zero attached hydrogens (tertiary/aromatic N) is 2. The van der Waals surface area contributed by atoms with E-state index in [1.54, 1.807) is 13.3 Å². The average molecular weight is 324 g/mol. The summed E-state index contributed by atoms with van der Waals surface area (Å²) in [5.74, 6) is 0.790. The van der Waals surface area contributed by atoms with E-state index in [4.69, 9.17) is 4.74 Å². The molecule has 0 radical (unpaired) electrons. The van der Waals surface area contributed by atoms with Gasteiger partial charge in [0, 0.05) is 11.5 Å². The van der Waals surface area contributed by atoms with Crippen LogP contribution in [0.5, 0.6) is 5.75 Å². The second-order valence-electron chi connectivity index (χ2n) is 4.45. The molecule has 0 saturated carbocycles. The molecule has 1 heterocycles. The van der Waals surface area contributed by atoms with Gasteiger partial charge < -0.3 is 10.1 Å². The Morgan fingerprint density at radius 2 is 2.16 bits per heavy atom. The molecule has 4 nitrogen and oxygen atoms in total. The van der Waals surface area contributed by atoms with Crippen LogP contribution in [0.15, 0.2) is 28.9 Å². The van der Waals surface area contributed by atoms with Crippen LogP contribution >= 0.6 is 15.9 Å². The fourth-order valence-electron chi connectivity index (χ4n) is 2.16. The molecule has 0 amide bonds. The Kier molecular flexibility index (Phi) is 4.27. The highest BCUT2D eigenvalue weighted by molar-refractivity contribution is 9.10. The largest absolute Gasteiger partial charge is 0.493 e. The van der Waals surface area contributed by atoms with Gasteiger partial charge in [0.2, 0.25) is 0 Å². The molecule has 2 rings (SSSR count). The Balaban J connectivity index is 2.49. The molecule has 1 unspecified atom stereocenters. The van der Waals surface area contributed by atoms with Crippen LogP contribution in [-0.4, -0.2) is 23.9 Å². The zero-order valence-corrected chi connectivity index (χ0v) is 13.2. The molecule has 1 atom stereocenters. The minimum Gasteiger partial charge on any atom is -0.493 e. The number of aryl methyl sites for hydroxylation is 2. The van der Waals surface area contributed by atoms with Crippen molar-refractivity contribution in [3.8, 4) is 5.75 Å². The molecule has 0 aliphatic rings. The lowest BCUT2D eigenvalue weighted by Crippen LogP contribution is -2.21. The zero-order valence-electron chi connectivity index (χ0n) is 11.6. The van der Waals surface area contributed by atoms with Gasteiger partial charge in [0.25, 0.3) is 0 Å².